The van der Waals surface area contributed by atoms with Crippen LogP contribution in [0.3, 0.4) is 0 Å². The Balaban J connectivity index is 1.72. The minimum atomic E-state index is -0.588. The fourth-order valence-corrected chi connectivity index (χ4v) is 2.75. The van der Waals surface area contributed by atoms with Gasteiger partial charge in [0.05, 0.1) is 21.7 Å². The molecule has 0 unspecified atom stereocenters. The summed E-state index contributed by atoms with van der Waals surface area (Å²) < 4.78 is 1.06. The minimum absolute atomic E-state index is 0.228. The topological polar surface area (TPSA) is 93.1 Å². The standard InChI is InChI=1S/C18H15ClN4O3/c1-11-12-6-2-3-7-13(12)18(26)23(22-11)10-16(24)20-21-17(25)14-8-4-5-9-15(14)19/h2-9H,10H2,1H3,(H,20,24)(H,21,25). The van der Waals surface area contributed by atoms with Crippen molar-refractivity contribution in [3.63, 3.8) is 0 Å². The van der Waals surface area contributed by atoms with Crippen molar-refractivity contribution >= 4 is 34.2 Å². The summed E-state index contributed by atoms with van der Waals surface area (Å²) in [7, 11) is 0. The third kappa shape index (κ3) is 3.57. The number of hydrogen-bond donors (Lipinski definition) is 2. The van der Waals surface area contributed by atoms with Crippen LogP contribution in [0.2, 0.25) is 5.02 Å². The number of rotatable bonds is 3. The van der Waals surface area contributed by atoms with Crippen LogP contribution in [0.15, 0.2) is 53.3 Å². The number of halogens is 1. The van der Waals surface area contributed by atoms with Gasteiger partial charge in [-0.05, 0) is 25.1 Å². The smallest absolute Gasteiger partial charge is 0.271 e. The highest BCUT2D eigenvalue weighted by Gasteiger charge is 2.13. The maximum Gasteiger partial charge on any atom is 0.275 e. The van der Waals surface area contributed by atoms with Crippen LogP contribution in [0.5, 0.6) is 0 Å². The van der Waals surface area contributed by atoms with Gasteiger partial charge in [-0.3, -0.25) is 25.2 Å². The Kier molecular flexibility index (Phi) is 4.99. The van der Waals surface area contributed by atoms with Gasteiger partial charge in [-0.1, -0.05) is 41.9 Å². The summed E-state index contributed by atoms with van der Waals surface area (Å²) in [5, 5.41) is 5.63. The van der Waals surface area contributed by atoms with Crippen molar-refractivity contribution in [3.05, 3.63) is 75.2 Å². The van der Waals surface area contributed by atoms with Crippen LogP contribution >= 0.6 is 11.6 Å². The number of carbonyl (C=O) groups is 2. The molecule has 0 aliphatic heterocycles. The molecule has 0 bridgehead atoms. The van der Waals surface area contributed by atoms with E-state index >= 15 is 0 Å². The first-order chi connectivity index (χ1) is 12.5. The molecular weight excluding hydrogens is 356 g/mol. The van der Waals surface area contributed by atoms with E-state index in [2.05, 4.69) is 16.0 Å². The molecule has 0 saturated heterocycles. The number of hydrazine groups is 1. The first kappa shape index (κ1) is 17.6. The van der Waals surface area contributed by atoms with Gasteiger partial charge in [0.1, 0.15) is 6.54 Å². The lowest BCUT2D eigenvalue weighted by molar-refractivity contribution is -0.122. The van der Waals surface area contributed by atoms with Gasteiger partial charge in [-0.2, -0.15) is 5.10 Å². The molecule has 0 atom stereocenters. The van der Waals surface area contributed by atoms with Crippen LogP contribution in [-0.2, 0) is 11.3 Å². The van der Waals surface area contributed by atoms with Crippen molar-refractivity contribution in [1.82, 2.24) is 20.6 Å². The summed E-state index contributed by atoms with van der Waals surface area (Å²) in [6.45, 7) is 1.43. The molecule has 8 heteroatoms. The molecular formula is C18H15ClN4O3. The first-order valence-electron chi connectivity index (χ1n) is 7.77. The molecule has 0 radical (unpaired) electrons. The van der Waals surface area contributed by atoms with Crippen LogP contribution in [0, 0.1) is 6.92 Å². The van der Waals surface area contributed by atoms with Gasteiger partial charge < -0.3 is 0 Å². The fraction of sp³-hybridized carbons (Fsp3) is 0.111. The average Bonchev–Trinajstić information content (AvgIpc) is 2.64. The Bertz CT molecular complexity index is 1060. The molecule has 2 aromatic carbocycles. The van der Waals surface area contributed by atoms with Gasteiger partial charge in [0.2, 0.25) is 0 Å². The zero-order chi connectivity index (χ0) is 18.7. The van der Waals surface area contributed by atoms with E-state index < -0.39 is 11.8 Å². The van der Waals surface area contributed by atoms with E-state index in [1.54, 1.807) is 43.3 Å². The van der Waals surface area contributed by atoms with Crippen molar-refractivity contribution < 1.29 is 9.59 Å². The number of nitrogens with one attached hydrogen (secondary N) is 2. The van der Waals surface area contributed by atoms with Crippen LogP contribution in [-0.4, -0.2) is 21.6 Å². The molecule has 0 saturated carbocycles. The lowest BCUT2D eigenvalue weighted by atomic mass is 10.1. The highest BCUT2D eigenvalue weighted by molar-refractivity contribution is 6.33. The lowest BCUT2D eigenvalue weighted by Gasteiger charge is -2.10. The van der Waals surface area contributed by atoms with E-state index in [1.807, 2.05) is 6.07 Å². The largest absolute Gasteiger partial charge is 0.275 e. The molecule has 0 spiro atoms. The van der Waals surface area contributed by atoms with Crippen molar-refractivity contribution in [2.75, 3.05) is 0 Å². The van der Waals surface area contributed by atoms with Crippen LogP contribution in [0.25, 0.3) is 10.8 Å². The predicted molar refractivity (Wildman–Crippen MR) is 97.8 cm³/mol. The second-order valence-corrected chi connectivity index (χ2v) is 5.98. The molecule has 132 valence electrons. The van der Waals surface area contributed by atoms with E-state index in [0.717, 1.165) is 10.1 Å². The van der Waals surface area contributed by atoms with Crippen molar-refractivity contribution in [1.29, 1.82) is 0 Å². The minimum Gasteiger partial charge on any atom is -0.271 e. The van der Waals surface area contributed by atoms with Gasteiger partial charge in [0.15, 0.2) is 0 Å². The first-order valence-corrected chi connectivity index (χ1v) is 8.15. The summed E-state index contributed by atoms with van der Waals surface area (Å²) in [6, 6.07) is 13.5. The van der Waals surface area contributed by atoms with Crippen molar-refractivity contribution in [2.45, 2.75) is 13.5 Å². The number of benzene rings is 2. The summed E-state index contributed by atoms with van der Waals surface area (Å²) in [5.41, 5.74) is 5.00. The average molecular weight is 371 g/mol. The maximum absolute atomic E-state index is 12.4. The van der Waals surface area contributed by atoms with Crippen LogP contribution < -0.4 is 16.4 Å². The Hall–Kier alpha value is -3.19. The molecule has 3 aromatic rings. The number of carbonyl (C=O) groups excluding carboxylic acids is 2. The van der Waals surface area contributed by atoms with Gasteiger partial charge in [0, 0.05) is 5.39 Å². The third-order valence-electron chi connectivity index (χ3n) is 3.78. The number of nitrogens with zero attached hydrogens (tertiary/aromatic N) is 2. The maximum atomic E-state index is 12.4. The number of aromatic nitrogens is 2. The lowest BCUT2D eigenvalue weighted by Crippen LogP contribution is -2.44. The molecule has 7 nitrogen and oxygen atoms in total. The molecule has 0 fully saturated rings. The third-order valence-corrected chi connectivity index (χ3v) is 4.11. The van der Waals surface area contributed by atoms with Gasteiger partial charge in [-0.25, -0.2) is 4.68 Å². The van der Waals surface area contributed by atoms with Gasteiger partial charge >= 0.3 is 0 Å². The van der Waals surface area contributed by atoms with E-state index in [1.165, 1.54) is 6.07 Å². The molecule has 0 aliphatic carbocycles. The van der Waals surface area contributed by atoms with Gasteiger partial charge in [0.25, 0.3) is 17.4 Å². The molecule has 2 amide bonds. The van der Waals surface area contributed by atoms with Crippen molar-refractivity contribution in [2.24, 2.45) is 0 Å². The van der Waals surface area contributed by atoms with Gasteiger partial charge in [-0.15, -0.1) is 0 Å². The quantitative estimate of drug-likeness (QED) is 0.688. The molecule has 26 heavy (non-hydrogen) atoms. The summed E-state index contributed by atoms with van der Waals surface area (Å²) >= 11 is 5.93. The Morgan fingerprint density at radius 1 is 1.04 bits per heavy atom. The predicted octanol–water partition coefficient (Wildman–Crippen LogP) is 1.82. The highest BCUT2D eigenvalue weighted by Crippen LogP contribution is 2.14. The Morgan fingerprint density at radius 3 is 2.42 bits per heavy atom. The van der Waals surface area contributed by atoms with Crippen molar-refractivity contribution in [3.8, 4) is 0 Å². The zero-order valence-corrected chi connectivity index (χ0v) is 14.6. The normalized spacial score (nSPS) is 10.5. The molecule has 0 aliphatic rings. The van der Waals surface area contributed by atoms with E-state index in [0.29, 0.717) is 11.1 Å². The number of aryl methyl sites for hydroxylation is 1. The van der Waals surface area contributed by atoms with Crippen LogP contribution in [0.1, 0.15) is 16.1 Å². The Labute approximate surface area is 153 Å². The molecule has 2 N–H and O–H groups in total. The molecule has 1 aromatic heterocycles. The highest BCUT2D eigenvalue weighted by atomic mass is 35.5. The number of fused-ring (bicyclic) bond motifs is 1. The second-order valence-electron chi connectivity index (χ2n) is 5.58. The molecule has 1 heterocycles. The fourth-order valence-electron chi connectivity index (χ4n) is 2.53. The van der Waals surface area contributed by atoms with E-state index in [4.69, 9.17) is 11.6 Å². The number of amides is 2. The summed E-state index contributed by atoms with van der Waals surface area (Å²) in [6.07, 6.45) is 0. The van der Waals surface area contributed by atoms with Crippen LogP contribution in [0.4, 0.5) is 0 Å². The monoisotopic (exact) mass is 370 g/mol. The summed E-state index contributed by atoms with van der Waals surface area (Å²) in [5.74, 6) is -1.14. The second kappa shape index (κ2) is 7.37. The van der Waals surface area contributed by atoms with E-state index in [9.17, 15) is 14.4 Å². The zero-order valence-electron chi connectivity index (χ0n) is 13.8. The Morgan fingerprint density at radius 2 is 1.69 bits per heavy atom. The van der Waals surface area contributed by atoms with E-state index in [-0.39, 0.29) is 22.7 Å². The summed E-state index contributed by atoms with van der Waals surface area (Å²) in [4.78, 5) is 36.5. The molecule has 3 rings (SSSR count). The SMILES string of the molecule is Cc1nn(CC(=O)NNC(=O)c2ccccc2Cl)c(=O)c2ccccc12. The number of hydrogen-bond acceptors (Lipinski definition) is 4.